The third-order valence-corrected chi connectivity index (χ3v) is 3.20. The first-order valence-corrected chi connectivity index (χ1v) is 8.22. The Morgan fingerprint density at radius 1 is 0.885 bits per heavy atom. The van der Waals surface area contributed by atoms with Crippen LogP contribution in [0, 0.1) is 0 Å². The minimum absolute atomic E-state index is 0.490. The lowest BCUT2D eigenvalue weighted by Crippen LogP contribution is -2.32. The van der Waals surface area contributed by atoms with Gasteiger partial charge in [-0.25, -0.2) is 5.43 Å². The summed E-state index contributed by atoms with van der Waals surface area (Å²) in [7, 11) is 0. The van der Waals surface area contributed by atoms with Crippen LogP contribution >= 0.6 is 0 Å². The number of carbonyl (C=O) groups excluding carboxylic acids is 2. The van der Waals surface area contributed by atoms with Crippen molar-refractivity contribution < 1.29 is 19.1 Å². The molecule has 0 aliphatic carbocycles. The van der Waals surface area contributed by atoms with E-state index in [-0.39, 0.29) is 0 Å². The molecule has 2 amide bonds. The highest BCUT2D eigenvalue weighted by Crippen LogP contribution is 2.15. The van der Waals surface area contributed by atoms with Crippen LogP contribution in [0.2, 0.25) is 0 Å². The average Bonchev–Trinajstić information content (AvgIpc) is 2.65. The van der Waals surface area contributed by atoms with E-state index in [1.807, 2.05) is 13.8 Å². The summed E-state index contributed by atoms with van der Waals surface area (Å²) in [5.74, 6) is -0.225. The van der Waals surface area contributed by atoms with Crippen LogP contribution in [0.3, 0.4) is 0 Å². The minimum Gasteiger partial charge on any atom is -0.494 e. The smallest absolute Gasteiger partial charge is 0.329 e. The molecule has 26 heavy (non-hydrogen) atoms. The molecule has 2 aromatic rings. The predicted molar refractivity (Wildman–Crippen MR) is 99.6 cm³/mol. The molecule has 0 aliphatic heterocycles. The van der Waals surface area contributed by atoms with E-state index in [0.717, 1.165) is 11.3 Å². The van der Waals surface area contributed by atoms with Gasteiger partial charge >= 0.3 is 11.8 Å². The van der Waals surface area contributed by atoms with Gasteiger partial charge in [-0.3, -0.25) is 9.59 Å². The first kappa shape index (κ1) is 19.0. The fraction of sp³-hybridized carbons (Fsp3) is 0.211. The second-order valence-corrected chi connectivity index (χ2v) is 5.11. The van der Waals surface area contributed by atoms with E-state index in [2.05, 4.69) is 15.8 Å². The molecule has 7 heteroatoms. The van der Waals surface area contributed by atoms with E-state index in [9.17, 15) is 9.59 Å². The van der Waals surface area contributed by atoms with Crippen molar-refractivity contribution >= 4 is 23.7 Å². The van der Waals surface area contributed by atoms with Crippen molar-refractivity contribution in [2.24, 2.45) is 5.10 Å². The van der Waals surface area contributed by atoms with Gasteiger partial charge in [-0.1, -0.05) is 0 Å². The molecule has 0 spiro atoms. The summed E-state index contributed by atoms with van der Waals surface area (Å²) >= 11 is 0. The third kappa shape index (κ3) is 5.94. The Hall–Kier alpha value is -3.35. The molecule has 136 valence electrons. The van der Waals surface area contributed by atoms with E-state index in [1.165, 1.54) is 6.21 Å². The minimum atomic E-state index is -0.860. The lowest BCUT2D eigenvalue weighted by molar-refractivity contribution is -0.136. The van der Waals surface area contributed by atoms with Gasteiger partial charge in [0.2, 0.25) is 0 Å². The second-order valence-electron chi connectivity index (χ2n) is 5.11. The number of hydrogen-bond acceptors (Lipinski definition) is 5. The number of hydrazone groups is 1. The van der Waals surface area contributed by atoms with Crippen molar-refractivity contribution in [3.05, 3.63) is 54.1 Å². The van der Waals surface area contributed by atoms with Crippen LogP contribution in [0.15, 0.2) is 53.6 Å². The Balaban J connectivity index is 1.83. The van der Waals surface area contributed by atoms with Crippen LogP contribution in [0.1, 0.15) is 19.4 Å². The molecule has 2 aromatic carbocycles. The first-order valence-electron chi connectivity index (χ1n) is 8.22. The summed E-state index contributed by atoms with van der Waals surface area (Å²) in [5.41, 5.74) is 3.44. The standard InChI is InChI=1S/C19H21N3O4/c1-3-25-16-9-5-14(6-10-16)13-20-22-19(24)18(23)21-15-7-11-17(12-8-15)26-4-2/h5-13H,3-4H2,1-2H3,(H,21,23)(H,22,24)/b20-13+. The lowest BCUT2D eigenvalue weighted by Gasteiger charge is -2.06. The molecule has 0 saturated carbocycles. The monoisotopic (exact) mass is 355 g/mol. The molecule has 0 bridgehead atoms. The van der Waals surface area contributed by atoms with Crippen molar-refractivity contribution in [2.75, 3.05) is 18.5 Å². The van der Waals surface area contributed by atoms with Gasteiger partial charge < -0.3 is 14.8 Å². The molecule has 0 atom stereocenters. The summed E-state index contributed by atoms with van der Waals surface area (Å²) in [5, 5.41) is 6.26. The Morgan fingerprint density at radius 3 is 1.96 bits per heavy atom. The molecule has 7 nitrogen and oxygen atoms in total. The Morgan fingerprint density at radius 2 is 1.42 bits per heavy atom. The molecule has 2 rings (SSSR count). The maximum atomic E-state index is 11.8. The molecule has 0 aliphatic rings. The van der Waals surface area contributed by atoms with Gasteiger partial charge in [0, 0.05) is 5.69 Å². The highest BCUT2D eigenvalue weighted by Gasteiger charge is 2.12. The van der Waals surface area contributed by atoms with Crippen LogP contribution < -0.4 is 20.2 Å². The zero-order chi connectivity index (χ0) is 18.8. The topological polar surface area (TPSA) is 89.0 Å². The van der Waals surface area contributed by atoms with Gasteiger partial charge in [-0.05, 0) is 67.9 Å². The van der Waals surface area contributed by atoms with Crippen LogP contribution in [-0.2, 0) is 9.59 Å². The van der Waals surface area contributed by atoms with Gasteiger partial charge in [0.15, 0.2) is 0 Å². The molecular weight excluding hydrogens is 334 g/mol. The van der Waals surface area contributed by atoms with E-state index < -0.39 is 11.8 Å². The van der Waals surface area contributed by atoms with E-state index >= 15 is 0 Å². The van der Waals surface area contributed by atoms with Gasteiger partial charge in [-0.2, -0.15) is 5.10 Å². The number of nitrogens with one attached hydrogen (secondary N) is 2. The molecule has 0 heterocycles. The lowest BCUT2D eigenvalue weighted by atomic mass is 10.2. The normalized spacial score (nSPS) is 10.4. The Kier molecular flexibility index (Phi) is 7.17. The fourth-order valence-electron chi connectivity index (χ4n) is 2.02. The molecule has 0 unspecified atom stereocenters. The van der Waals surface area contributed by atoms with Gasteiger partial charge in [-0.15, -0.1) is 0 Å². The molecular formula is C19H21N3O4. The molecule has 0 fully saturated rings. The maximum absolute atomic E-state index is 11.8. The summed E-state index contributed by atoms with van der Waals surface area (Å²) in [6.45, 7) is 4.94. The fourth-order valence-corrected chi connectivity index (χ4v) is 2.02. The van der Waals surface area contributed by atoms with Crippen LogP contribution in [0.4, 0.5) is 5.69 Å². The number of anilines is 1. The number of nitrogens with zero attached hydrogens (tertiary/aromatic N) is 1. The zero-order valence-electron chi connectivity index (χ0n) is 14.7. The van der Waals surface area contributed by atoms with E-state index in [0.29, 0.717) is 24.7 Å². The first-order chi connectivity index (χ1) is 12.6. The average molecular weight is 355 g/mol. The van der Waals surface area contributed by atoms with Crippen molar-refractivity contribution in [1.29, 1.82) is 0 Å². The summed E-state index contributed by atoms with van der Waals surface area (Å²) < 4.78 is 10.6. The summed E-state index contributed by atoms with van der Waals surface area (Å²) in [4.78, 5) is 23.6. The van der Waals surface area contributed by atoms with Crippen molar-refractivity contribution in [3.8, 4) is 11.5 Å². The van der Waals surface area contributed by atoms with E-state index in [4.69, 9.17) is 9.47 Å². The molecule has 0 radical (unpaired) electrons. The van der Waals surface area contributed by atoms with Gasteiger partial charge in [0.25, 0.3) is 0 Å². The number of benzene rings is 2. The highest BCUT2D eigenvalue weighted by atomic mass is 16.5. The maximum Gasteiger partial charge on any atom is 0.329 e. The number of amides is 2. The molecule has 2 N–H and O–H groups in total. The Labute approximate surface area is 152 Å². The predicted octanol–water partition coefficient (Wildman–Crippen LogP) is 2.57. The van der Waals surface area contributed by atoms with Gasteiger partial charge in [0.1, 0.15) is 11.5 Å². The number of rotatable bonds is 7. The van der Waals surface area contributed by atoms with Crippen LogP contribution in [-0.4, -0.2) is 31.2 Å². The Bertz CT molecular complexity index is 755. The van der Waals surface area contributed by atoms with Crippen LogP contribution in [0.5, 0.6) is 11.5 Å². The van der Waals surface area contributed by atoms with E-state index in [1.54, 1.807) is 48.5 Å². The second kappa shape index (κ2) is 9.83. The highest BCUT2D eigenvalue weighted by molar-refractivity contribution is 6.39. The third-order valence-electron chi connectivity index (χ3n) is 3.20. The SMILES string of the molecule is CCOc1ccc(/C=N/NC(=O)C(=O)Nc2ccc(OCC)cc2)cc1. The summed E-state index contributed by atoms with van der Waals surface area (Å²) in [6, 6.07) is 13.9. The number of hydrogen-bond donors (Lipinski definition) is 2. The quantitative estimate of drug-likeness (QED) is 0.454. The summed E-state index contributed by atoms with van der Waals surface area (Å²) in [6.07, 6.45) is 1.44. The number of carbonyl (C=O) groups is 2. The zero-order valence-corrected chi connectivity index (χ0v) is 14.7. The van der Waals surface area contributed by atoms with Crippen LogP contribution in [0.25, 0.3) is 0 Å². The van der Waals surface area contributed by atoms with Crippen molar-refractivity contribution in [2.45, 2.75) is 13.8 Å². The number of ether oxygens (including phenoxy) is 2. The largest absolute Gasteiger partial charge is 0.494 e. The molecule has 0 aromatic heterocycles. The molecule has 0 saturated heterocycles. The van der Waals surface area contributed by atoms with Crippen molar-refractivity contribution in [3.63, 3.8) is 0 Å². The van der Waals surface area contributed by atoms with Crippen molar-refractivity contribution in [1.82, 2.24) is 5.43 Å². The van der Waals surface area contributed by atoms with Gasteiger partial charge in [0.05, 0.1) is 19.4 Å².